The number of rotatable bonds is 2. The van der Waals surface area contributed by atoms with Gasteiger partial charge < -0.3 is 13.9 Å². The van der Waals surface area contributed by atoms with E-state index in [4.69, 9.17) is 9.15 Å². The molecule has 0 aliphatic carbocycles. The number of carbonyl (C=O) groups is 1. The van der Waals surface area contributed by atoms with Crippen molar-refractivity contribution in [2.24, 2.45) is 0 Å². The SMILES string of the molecule is COC(=O)c1nnc(C2CCCO2)o1. The monoisotopic (exact) mass is 198 g/mol. The first-order chi connectivity index (χ1) is 6.81. The van der Waals surface area contributed by atoms with Crippen LogP contribution in [-0.2, 0) is 9.47 Å². The van der Waals surface area contributed by atoms with Crippen LogP contribution in [0.4, 0.5) is 0 Å². The first-order valence-corrected chi connectivity index (χ1v) is 4.34. The van der Waals surface area contributed by atoms with Gasteiger partial charge in [0, 0.05) is 6.61 Å². The number of hydrogen-bond donors (Lipinski definition) is 0. The van der Waals surface area contributed by atoms with Crippen molar-refractivity contribution in [3.63, 3.8) is 0 Å². The lowest BCUT2D eigenvalue weighted by Crippen LogP contribution is -2.00. The second kappa shape index (κ2) is 3.75. The summed E-state index contributed by atoms with van der Waals surface area (Å²) in [5.74, 6) is -0.400. The van der Waals surface area contributed by atoms with E-state index in [1.54, 1.807) is 0 Å². The third kappa shape index (κ3) is 1.60. The highest BCUT2D eigenvalue weighted by atomic mass is 16.5. The van der Waals surface area contributed by atoms with Crippen LogP contribution in [-0.4, -0.2) is 29.9 Å². The van der Waals surface area contributed by atoms with Gasteiger partial charge >= 0.3 is 11.9 Å². The maximum atomic E-state index is 11.0. The van der Waals surface area contributed by atoms with Crippen molar-refractivity contribution in [3.8, 4) is 0 Å². The summed E-state index contributed by atoms with van der Waals surface area (Å²) >= 11 is 0. The van der Waals surface area contributed by atoms with E-state index in [0.717, 1.165) is 12.8 Å². The summed E-state index contributed by atoms with van der Waals surface area (Å²) in [7, 11) is 1.26. The Morgan fingerprint density at radius 1 is 1.57 bits per heavy atom. The number of aromatic nitrogens is 2. The zero-order valence-electron chi connectivity index (χ0n) is 7.73. The number of esters is 1. The number of methoxy groups -OCH3 is 1. The number of carbonyl (C=O) groups excluding carboxylic acids is 1. The topological polar surface area (TPSA) is 74.5 Å². The number of nitrogens with zero attached hydrogens (tertiary/aromatic N) is 2. The third-order valence-electron chi connectivity index (χ3n) is 2.01. The van der Waals surface area contributed by atoms with Gasteiger partial charge in [-0.1, -0.05) is 0 Å². The Morgan fingerprint density at radius 2 is 2.43 bits per heavy atom. The van der Waals surface area contributed by atoms with Crippen molar-refractivity contribution in [2.75, 3.05) is 13.7 Å². The molecule has 1 unspecified atom stereocenters. The van der Waals surface area contributed by atoms with Gasteiger partial charge in [0.05, 0.1) is 7.11 Å². The Bertz CT molecular complexity index is 330. The minimum Gasteiger partial charge on any atom is -0.462 e. The Hall–Kier alpha value is -1.43. The molecular formula is C8H10N2O4. The van der Waals surface area contributed by atoms with Gasteiger partial charge in [-0.3, -0.25) is 0 Å². The molecule has 0 saturated carbocycles. The van der Waals surface area contributed by atoms with Crippen LogP contribution in [0.25, 0.3) is 0 Å². The lowest BCUT2D eigenvalue weighted by molar-refractivity contribution is 0.0535. The molecule has 2 rings (SSSR count). The molecule has 2 heterocycles. The van der Waals surface area contributed by atoms with Crippen molar-refractivity contribution < 1.29 is 18.7 Å². The van der Waals surface area contributed by atoms with E-state index in [1.807, 2.05) is 0 Å². The zero-order chi connectivity index (χ0) is 9.97. The van der Waals surface area contributed by atoms with E-state index in [-0.39, 0.29) is 12.0 Å². The normalized spacial score (nSPS) is 21.1. The fraction of sp³-hybridized carbons (Fsp3) is 0.625. The quantitative estimate of drug-likeness (QED) is 0.651. The van der Waals surface area contributed by atoms with Gasteiger partial charge in [-0.25, -0.2) is 4.79 Å². The Kier molecular flexibility index (Phi) is 2.45. The van der Waals surface area contributed by atoms with Gasteiger partial charge in [-0.05, 0) is 12.8 Å². The maximum absolute atomic E-state index is 11.0. The smallest absolute Gasteiger partial charge is 0.396 e. The minimum absolute atomic E-state index is 0.127. The average molecular weight is 198 g/mol. The molecule has 0 bridgehead atoms. The summed E-state index contributed by atoms with van der Waals surface area (Å²) in [4.78, 5) is 11.0. The van der Waals surface area contributed by atoms with Gasteiger partial charge in [0.25, 0.3) is 0 Å². The minimum atomic E-state index is -0.623. The highest BCUT2D eigenvalue weighted by Gasteiger charge is 2.25. The lowest BCUT2D eigenvalue weighted by atomic mass is 10.2. The molecule has 0 amide bonds. The Morgan fingerprint density at radius 3 is 3.07 bits per heavy atom. The molecule has 0 aromatic carbocycles. The molecule has 6 heteroatoms. The summed E-state index contributed by atoms with van der Waals surface area (Å²) < 4.78 is 14.9. The maximum Gasteiger partial charge on any atom is 0.396 e. The van der Waals surface area contributed by atoms with Crippen molar-refractivity contribution in [1.29, 1.82) is 0 Å². The molecule has 14 heavy (non-hydrogen) atoms. The highest BCUT2D eigenvalue weighted by Crippen LogP contribution is 2.27. The van der Waals surface area contributed by atoms with Crippen LogP contribution in [0.1, 0.15) is 35.5 Å². The van der Waals surface area contributed by atoms with Gasteiger partial charge in [0.15, 0.2) is 0 Å². The molecule has 1 aromatic heterocycles. The summed E-state index contributed by atoms with van der Waals surface area (Å²) in [5.41, 5.74) is 0. The largest absolute Gasteiger partial charge is 0.462 e. The summed E-state index contributed by atoms with van der Waals surface area (Å²) in [6.45, 7) is 0.695. The molecule has 0 N–H and O–H groups in total. The van der Waals surface area contributed by atoms with Crippen LogP contribution in [0.15, 0.2) is 4.42 Å². The average Bonchev–Trinajstić information content (AvgIpc) is 2.86. The highest BCUT2D eigenvalue weighted by molar-refractivity contribution is 5.83. The van der Waals surface area contributed by atoms with Crippen molar-refractivity contribution in [2.45, 2.75) is 18.9 Å². The molecule has 6 nitrogen and oxygen atoms in total. The number of hydrogen-bond acceptors (Lipinski definition) is 6. The van der Waals surface area contributed by atoms with Crippen LogP contribution in [0.3, 0.4) is 0 Å². The Labute approximate surface area is 80.2 Å². The van der Waals surface area contributed by atoms with Crippen LogP contribution in [0.5, 0.6) is 0 Å². The van der Waals surface area contributed by atoms with Crippen molar-refractivity contribution in [1.82, 2.24) is 10.2 Å². The molecule has 1 fully saturated rings. The molecule has 1 atom stereocenters. The summed E-state index contributed by atoms with van der Waals surface area (Å²) in [6.07, 6.45) is 1.66. The van der Waals surface area contributed by atoms with Crippen LogP contribution >= 0.6 is 0 Å². The first-order valence-electron chi connectivity index (χ1n) is 4.34. The van der Waals surface area contributed by atoms with Crippen LogP contribution in [0.2, 0.25) is 0 Å². The molecule has 1 aliphatic heterocycles. The molecule has 0 radical (unpaired) electrons. The standard InChI is InChI=1S/C8H10N2O4/c1-12-8(11)7-10-9-6(14-7)5-3-2-4-13-5/h5H,2-4H2,1H3. The van der Waals surface area contributed by atoms with Crippen molar-refractivity contribution >= 4 is 5.97 Å². The predicted octanol–water partition coefficient (Wildman–Crippen LogP) is 0.708. The molecule has 1 aliphatic rings. The van der Waals surface area contributed by atoms with E-state index in [1.165, 1.54) is 7.11 Å². The molecule has 1 aromatic rings. The van der Waals surface area contributed by atoms with Crippen LogP contribution < -0.4 is 0 Å². The number of ether oxygens (including phenoxy) is 2. The summed E-state index contributed by atoms with van der Waals surface area (Å²) in [5, 5.41) is 7.29. The second-order valence-corrected chi connectivity index (χ2v) is 2.94. The van der Waals surface area contributed by atoms with Gasteiger partial charge in [-0.15, -0.1) is 10.2 Å². The zero-order valence-corrected chi connectivity index (χ0v) is 7.73. The van der Waals surface area contributed by atoms with Crippen molar-refractivity contribution in [3.05, 3.63) is 11.8 Å². The van der Waals surface area contributed by atoms with Gasteiger partial charge in [0.2, 0.25) is 5.89 Å². The van der Waals surface area contributed by atoms with E-state index >= 15 is 0 Å². The predicted molar refractivity (Wildman–Crippen MR) is 43.6 cm³/mol. The summed E-state index contributed by atoms with van der Waals surface area (Å²) in [6, 6.07) is 0. The molecule has 1 saturated heterocycles. The first kappa shape index (κ1) is 9.14. The Balaban J connectivity index is 2.12. The van der Waals surface area contributed by atoms with E-state index < -0.39 is 5.97 Å². The van der Waals surface area contributed by atoms with Crippen LogP contribution in [0, 0.1) is 0 Å². The second-order valence-electron chi connectivity index (χ2n) is 2.94. The molecule has 0 spiro atoms. The molecular weight excluding hydrogens is 188 g/mol. The fourth-order valence-electron chi connectivity index (χ4n) is 1.31. The molecule has 76 valence electrons. The van der Waals surface area contributed by atoms with E-state index in [9.17, 15) is 4.79 Å². The van der Waals surface area contributed by atoms with E-state index in [2.05, 4.69) is 14.9 Å². The third-order valence-corrected chi connectivity index (χ3v) is 2.01. The lowest BCUT2D eigenvalue weighted by Gasteiger charge is -2.00. The van der Waals surface area contributed by atoms with Gasteiger partial charge in [0.1, 0.15) is 6.10 Å². The van der Waals surface area contributed by atoms with Gasteiger partial charge in [-0.2, -0.15) is 0 Å². The van der Waals surface area contributed by atoms with E-state index in [0.29, 0.717) is 12.5 Å². The fourth-order valence-corrected chi connectivity index (χ4v) is 1.31.